The van der Waals surface area contributed by atoms with Crippen LogP contribution in [0.15, 0.2) is 40.7 Å². The van der Waals surface area contributed by atoms with Crippen LogP contribution >= 0.6 is 0 Å². The fourth-order valence-electron chi connectivity index (χ4n) is 4.99. The lowest BCUT2D eigenvalue weighted by molar-refractivity contribution is -0.123. The molecule has 2 rings (SSSR count). The number of aliphatic imine (C=N–C) groups is 1. The molecule has 0 spiro atoms. The number of rotatable bonds is 10. The molecule has 1 aliphatic carbocycles. The number of allylic oxidation sites excluding steroid dienone is 5. The van der Waals surface area contributed by atoms with Gasteiger partial charge in [-0.25, -0.2) is 0 Å². The summed E-state index contributed by atoms with van der Waals surface area (Å²) in [7, 11) is 1.66. The molecule has 198 valence electrons. The van der Waals surface area contributed by atoms with Crippen molar-refractivity contribution in [1.29, 1.82) is 0 Å². The SMILES string of the molecule is C/C=C\C(=NC)C(=O)C1CCCC(C(=O)CCCC2=CN(C(C)CC)/C(=C\C)C(=O)C2)CC1.CC.[HH]. The minimum atomic E-state index is -0.0246. The zero-order valence-electron chi connectivity index (χ0n) is 23.2. The van der Waals surface area contributed by atoms with Gasteiger partial charge >= 0.3 is 0 Å². The molecule has 0 amide bonds. The first-order chi connectivity index (χ1) is 16.9. The van der Waals surface area contributed by atoms with Crippen molar-refractivity contribution in [3.8, 4) is 0 Å². The lowest BCUT2D eigenvalue weighted by Gasteiger charge is -2.33. The van der Waals surface area contributed by atoms with Gasteiger partial charge in [0.2, 0.25) is 0 Å². The van der Waals surface area contributed by atoms with E-state index in [9.17, 15) is 14.4 Å². The van der Waals surface area contributed by atoms with Gasteiger partial charge in [0, 0.05) is 45.4 Å². The summed E-state index contributed by atoms with van der Waals surface area (Å²) in [6, 6.07) is 0.282. The number of ketones is 3. The van der Waals surface area contributed by atoms with Gasteiger partial charge in [0.05, 0.1) is 11.4 Å². The molecule has 0 radical (unpaired) electrons. The first kappa shape index (κ1) is 30.7. The lowest BCUT2D eigenvalue weighted by atomic mass is 9.89. The van der Waals surface area contributed by atoms with Crippen LogP contribution in [0.5, 0.6) is 0 Å². The Kier molecular flexibility index (Phi) is 14.4. The molecule has 1 saturated carbocycles. The zero-order chi connectivity index (χ0) is 26.4. The van der Waals surface area contributed by atoms with E-state index < -0.39 is 0 Å². The molecule has 0 bridgehead atoms. The summed E-state index contributed by atoms with van der Waals surface area (Å²) >= 11 is 0. The van der Waals surface area contributed by atoms with Crippen LogP contribution in [0, 0.1) is 11.8 Å². The van der Waals surface area contributed by atoms with Gasteiger partial charge in [-0.3, -0.25) is 19.4 Å². The Balaban J connectivity index is 0.00000398. The highest BCUT2D eigenvalue weighted by atomic mass is 16.1. The smallest absolute Gasteiger partial charge is 0.183 e. The van der Waals surface area contributed by atoms with Crippen LogP contribution < -0.4 is 0 Å². The van der Waals surface area contributed by atoms with Gasteiger partial charge in [-0.05, 0) is 77.4 Å². The molecule has 2 aliphatic rings. The normalized spacial score (nSPS) is 23.5. The molecule has 1 aliphatic heterocycles. The third-order valence-corrected chi connectivity index (χ3v) is 7.15. The molecular formula is C30H50N2O3. The topological polar surface area (TPSA) is 66.8 Å². The molecule has 3 atom stereocenters. The van der Waals surface area contributed by atoms with Crippen molar-refractivity contribution in [1.82, 2.24) is 4.90 Å². The quantitative estimate of drug-likeness (QED) is 0.185. The van der Waals surface area contributed by atoms with Crippen LogP contribution in [-0.2, 0) is 14.4 Å². The number of Topliss-reactive ketones (excluding diaryl/α,β-unsaturated/α-hetero) is 3. The molecule has 0 saturated heterocycles. The summed E-state index contributed by atoms with van der Waals surface area (Å²) in [4.78, 5) is 44.5. The average molecular weight is 487 g/mol. The Bertz CT molecular complexity index is 841. The first-order valence-corrected chi connectivity index (χ1v) is 13.7. The third-order valence-electron chi connectivity index (χ3n) is 7.15. The largest absolute Gasteiger partial charge is 0.343 e. The van der Waals surface area contributed by atoms with Gasteiger partial charge < -0.3 is 4.90 Å². The fraction of sp³-hybridized carbons (Fsp3) is 0.667. The number of hydrogen-bond acceptors (Lipinski definition) is 5. The zero-order valence-corrected chi connectivity index (χ0v) is 23.2. The monoisotopic (exact) mass is 486 g/mol. The predicted molar refractivity (Wildman–Crippen MR) is 149 cm³/mol. The van der Waals surface area contributed by atoms with Crippen LogP contribution in [0.25, 0.3) is 0 Å². The maximum Gasteiger partial charge on any atom is 0.183 e. The van der Waals surface area contributed by atoms with Crippen LogP contribution in [-0.4, -0.2) is 41.1 Å². The maximum atomic E-state index is 12.9. The molecule has 5 nitrogen and oxygen atoms in total. The molecule has 0 aromatic rings. The average Bonchev–Trinajstić information content (AvgIpc) is 3.13. The summed E-state index contributed by atoms with van der Waals surface area (Å²) in [5.41, 5.74) is 2.45. The number of hydrogen-bond donors (Lipinski definition) is 0. The Morgan fingerprint density at radius 2 is 1.83 bits per heavy atom. The summed E-state index contributed by atoms with van der Waals surface area (Å²) < 4.78 is 0. The van der Waals surface area contributed by atoms with Crippen molar-refractivity contribution in [3.63, 3.8) is 0 Å². The van der Waals surface area contributed by atoms with Crippen LogP contribution in [0.2, 0.25) is 0 Å². The Labute approximate surface area is 215 Å². The highest BCUT2D eigenvalue weighted by Crippen LogP contribution is 2.31. The van der Waals surface area contributed by atoms with E-state index in [0.717, 1.165) is 62.6 Å². The standard InChI is InChI=1S/C28H42N2O3.C2H6.H2/c1-6-11-24(29-5)28(33)23-14-10-13-22(16-17-23)26(31)15-9-12-21-18-27(32)25(8-3)30(19-21)20(4)7-2;1-2;/h6,8,11,19-20,22-23H,7,9-10,12-18H2,1-5H3;1-2H3;1H/b11-6-,25-8-,29-24?;;. The molecular weight excluding hydrogens is 436 g/mol. The van der Waals surface area contributed by atoms with Crippen LogP contribution in [0.4, 0.5) is 0 Å². The molecule has 0 aromatic carbocycles. The van der Waals surface area contributed by atoms with Gasteiger partial charge in [0.15, 0.2) is 11.6 Å². The molecule has 1 heterocycles. The molecule has 1 fully saturated rings. The van der Waals surface area contributed by atoms with Crippen molar-refractivity contribution in [2.24, 2.45) is 16.8 Å². The van der Waals surface area contributed by atoms with Crippen molar-refractivity contribution in [3.05, 3.63) is 35.7 Å². The second kappa shape index (κ2) is 16.4. The van der Waals surface area contributed by atoms with Gasteiger partial charge in [0.1, 0.15) is 5.78 Å². The Morgan fingerprint density at radius 1 is 1.17 bits per heavy atom. The first-order valence-electron chi connectivity index (χ1n) is 13.7. The molecule has 0 N–H and O–H groups in total. The van der Waals surface area contributed by atoms with Crippen molar-refractivity contribution >= 4 is 23.1 Å². The Hall–Kier alpha value is -2.30. The van der Waals surface area contributed by atoms with E-state index >= 15 is 0 Å². The van der Waals surface area contributed by atoms with E-state index in [-0.39, 0.29) is 30.9 Å². The van der Waals surface area contributed by atoms with E-state index in [4.69, 9.17) is 0 Å². The molecule has 0 aromatic heterocycles. The van der Waals surface area contributed by atoms with Crippen molar-refractivity contribution < 1.29 is 15.8 Å². The minimum Gasteiger partial charge on any atom is -0.343 e. The lowest BCUT2D eigenvalue weighted by Crippen LogP contribution is -2.34. The van der Waals surface area contributed by atoms with E-state index in [1.54, 1.807) is 13.1 Å². The maximum absolute atomic E-state index is 12.9. The second-order valence-corrected chi connectivity index (χ2v) is 9.42. The van der Waals surface area contributed by atoms with Gasteiger partial charge in [-0.2, -0.15) is 0 Å². The van der Waals surface area contributed by atoms with Crippen molar-refractivity contribution in [2.75, 3.05) is 7.05 Å². The van der Waals surface area contributed by atoms with Crippen molar-refractivity contribution in [2.45, 2.75) is 112 Å². The summed E-state index contributed by atoms with van der Waals surface area (Å²) in [6.45, 7) is 12.1. The molecule has 3 unspecified atom stereocenters. The van der Waals surface area contributed by atoms with Gasteiger partial charge in [-0.1, -0.05) is 39.3 Å². The van der Waals surface area contributed by atoms with Gasteiger partial charge in [-0.15, -0.1) is 0 Å². The summed E-state index contributed by atoms with van der Waals surface area (Å²) in [5.74, 6) is 0.637. The number of nitrogens with zero attached hydrogens (tertiary/aromatic N) is 2. The highest BCUT2D eigenvalue weighted by Gasteiger charge is 2.29. The van der Waals surface area contributed by atoms with E-state index in [0.29, 0.717) is 24.3 Å². The summed E-state index contributed by atoms with van der Waals surface area (Å²) in [6.07, 6.45) is 15.4. The number of carbonyl (C=O) groups excluding carboxylic acids is 3. The fourth-order valence-corrected chi connectivity index (χ4v) is 4.99. The van der Waals surface area contributed by atoms with E-state index in [1.807, 2.05) is 39.8 Å². The third kappa shape index (κ3) is 9.01. The predicted octanol–water partition coefficient (Wildman–Crippen LogP) is 7.27. The minimum absolute atomic E-state index is 0. The number of carbonyl (C=O) groups is 3. The van der Waals surface area contributed by atoms with E-state index in [2.05, 4.69) is 29.9 Å². The van der Waals surface area contributed by atoms with Crippen LogP contribution in [0.3, 0.4) is 0 Å². The van der Waals surface area contributed by atoms with E-state index in [1.165, 1.54) is 0 Å². The summed E-state index contributed by atoms with van der Waals surface area (Å²) in [5, 5.41) is 0. The second-order valence-electron chi connectivity index (χ2n) is 9.42. The molecule has 5 heteroatoms. The van der Waals surface area contributed by atoms with Crippen LogP contribution in [0.1, 0.15) is 107 Å². The Morgan fingerprint density at radius 3 is 2.43 bits per heavy atom. The molecule has 35 heavy (non-hydrogen) atoms. The van der Waals surface area contributed by atoms with Gasteiger partial charge in [0.25, 0.3) is 0 Å². The highest BCUT2D eigenvalue weighted by molar-refractivity contribution is 6.44.